The molecule has 152 valence electrons. The molecule has 8 heteroatoms. The minimum absolute atomic E-state index is 0.143. The van der Waals surface area contributed by atoms with E-state index in [0.717, 1.165) is 4.90 Å². The van der Waals surface area contributed by atoms with Gasteiger partial charge < -0.3 is 10.1 Å². The maximum absolute atomic E-state index is 12.5. The Morgan fingerprint density at radius 1 is 1.07 bits per heavy atom. The first-order chi connectivity index (χ1) is 14.3. The highest BCUT2D eigenvalue weighted by Gasteiger charge is 2.41. The van der Waals surface area contributed by atoms with Crippen LogP contribution in [-0.2, 0) is 14.3 Å². The van der Waals surface area contributed by atoms with E-state index in [1.54, 1.807) is 37.3 Å². The van der Waals surface area contributed by atoms with Crippen LogP contribution in [0.15, 0.2) is 42.5 Å². The van der Waals surface area contributed by atoms with E-state index in [9.17, 15) is 24.0 Å². The number of esters is 1. The highest BCUT2D eigenvalue weighted by atomic mass is 16.5. The zero-order chi connectivity index (χ0) is 21.6. The van der Waals surface area contributed by atoms with Gasteiger partial charge in [-0.3, -0.25) is 24.1 Å². The average molecular weight is 406 g/mol. The van der Waals surface area contributed by atoms with Crippen LogP contribution < -0.4 is 5.32 Å². The largest absolute Gasteiger partial charge is 0.456 e. The van der Waals surface area contributed by atoms with Gasteiger partial charge in [0, 0.05) is 11.3 Å². The molecule has 0 aromatic heterocycles. The minimum Gasteiger partial charge on any atom is -0.456 e. The summed E-state index contributed by atoms with van der Waals surface area (Å²) in [5, 5.41) is 2.72. The molecule has 0 saturated carbocycles. The smallest absolute Gasteiger partial charge is 0.329 e. The van der Waals surface area contributed by atoms with Crippen molar-refractivity contribution in [1.29, 1.82) is 0 Å². The number of imide groups is 1. The number of rotatable bonds is 5. The Labute approximate surface area is 171 Å². The second-order valence-corrected chi connectivity index (χ2v) is 7.25. The van der Waals surface area contributed by atoms with Gasteiger partial charge in [-0.1, -0.05) is 12.1 Å². The normalized spacial score (nSPS) is 18.0. The summed E-state index contributed by atoms with van der Waals surface area (Å²) >= 11 is 0. The first-order valence-corrected chi connectivity index (χ1v) is 9.41. The van der Waals surface area contributed by atoms with Crippen LogP contribution in [0.4, 0.5) is 5.69 Å². The summed E-state index contributed by atoms with van der Waals surface area (Å²) in [6, 6.07) is 9.91. The van der Waals surface area contributed by atoms with Gasteiger partial charge in [-0.2, -0.15) is 0 Å². The van der Waals surface area contributed by atoms with E-state index in [1.807, 2.05) is 0 Å². The predicted molar refractivity (Wildman–Crippen MR) is 105 cm³/mol. The molecule has 3 amide bonds. The highest BCUT2D eigenvalue weighted by Crippen LogP contribution is 2.32. The summed E-state index contributed by atoms with van der Waals surface area (Å²) < 4.78 is 5.08. The van der Waals surface area contributed by atoms with Crippen LogP contribution >= 0.6 is 0 Å². The fraction of sp³-hybridized carbons (Fsp3) is 0.227. The number of nitrogens with zero attached hydrogens (tertiary/aromatic N) is 1. The molecule has 4 rings (SSSR count). The van der Waals surface area contributed by atoms with Crippen LogP contribution in [-0.4, -0.2) is 47.0 Å². The number of carbonyl (C=O) groups is 5. The molecule has 1 N–H and O–H groups in total. The number of hydrogen-bond acceptors (Lipinski definition) is 6. The fourth-order valence-corrected chi connectivity index (χ4v) is 3.60. The van der Waals surface area contributed by atoms with Gasteiger partial charge in [0.2, 0.25) is 5.91 Å². The summed E-state index contributed by atoms with van der Waals surface area (Å²) in [5.74, 6) is -2.97. The van der Waals surface area contributed by atoms with Gasteiger partial charge in [0.25, 0.3) is 11.8 Å². The third kappa shape index (κ3) is 3.06. The zero-order valence-corrected chi connectivity index (χ0v) is 16.3. The first-order valence-electron chi connectivity index (χ1n) is 9.41. The molecule has 2 heterocycles. The van der Waals surface area contributed by atoms with E-state index in [-0.39, 0.29) is 23.0 Å². The van der Waals surface area contributed by atoms with E-state index < -0.39 is 36.2 Å². The van der Waals surface area contributed by atoms with Crippen LogP contribution in [0.5, 0.6) is 0 Å². The third-order valence-corrected chi connectivity index (χ3v) is 5.39. The van der Waals surface area contributed by atoms with Crippen molar-refractivity contribution >= 4 is 35.2 Å². The summed E-state index contributed by atoms with van der Waals surface area (Å²) in [5.41, 5.74) is 2.12. The zero-order valence-electron chi connectivity index (χ0n) is 16.3. The van der Waals surface area contributed by atoms with Crippen molar-refractivity contribution in [3.63, 3.8) is 0 Å². The molecule has 0 fully saturated rings. The van der Waals surface area contributed by atoms with E-state index in [4.69, 9.17) is 4.74 Å². The fourth-order valence-electron chi connectivity index (χ4n) is 3.60. The topological polar surface area (TPSA) is 110 Å². The van der Waals surface area contributed by atoms with Crippen LogP contribution in [0.2, 0.25) is 0 Å². The lowest BCUT2D eigenvalue weighted by atomic mass is 9.99. The van der Waals surface area contributed by atoms with E-state index in [1.165, 1.54) is 19.1 Å². The molecule has 2 atom stereocenters. The first kappa shape index (κ1) is 19.5. The van der Waals surface area contributed by atoms with Gasteiger partial charge in [-0.15, -0.1) is 0 Å². The molecule has 0 spiro atoms. The standard InChI is InChI=1S/C22H18N2O6/c1-11-16-9-13(7-8-17(16)23-19(11)26)18(25)10-30-22(29)12(2)24-20(27)14-5-3-4-6-15(14)21(24)28/h3-9,11-12H,10H2,1-2H3,(H,23,26)/t11-,12+/m1/s1. The van der Waals surface area contributed by atoms with Gasteiger partial charge in [0.15, 0.2) is 12.4 Å². The third-order valence-electron chi connectivity index (χ3n) is 5.39. The van der Waals surface area contributed by atoms with E-state index in [2.05, 4.69) is 5.32 Å². The highest BCUT2D eigenvalue weighted by molar-refractivity contribution is 6.22. The molecule has 2 aromatic rings. The molecule has 0 saturated heterocycles. The maximum atomic E-state index is 12.5. The monoisotopic (exact) mass is 406 g/mol. The lowest BCUT2D eigenvalue weighted by Gasteiger charge is -2.20. The van der Waals surface area contributed by atoms with Crippen molar-refractivity contribution in [2.75, 3.05) is 11.9 Å². The number of Topliss-reactive ketones (excluding diaryl/α,β-unsaturated/α-hetero) is 1. The molecule has 2 aliphatic heterocycles. The average Bonchev–Trinajstić information content (AvgIpc) is 3.18. The van der Waals surface area contributed by atoms with Gasteiger partial charge in [-0.25, -0.2) is 4.79 Å². The molecular weight excluding hydrogens is 388 g/mol. The Morgan fingerprint density at radius 2 is 1.70 bits per heavy atom. The number of anilines is 1. The number of benzene rings is 2. The number of nitrogens with one attached hydrogen (secondary N) is 1. The Balaban J connectivity index is 1.42. The number of carbonyl (C=O) groups excluding carboxylic acids is 5. The van der Waals surface area contributed by atoms with E-state index >= 15 is 0 Å². The summed E-state index contributed by atoms with van der Waals surface area (Å²) in [6.07, 6.45) is 0. The Hall–Kier alpha value is -3.81. The van der Waals surface area contributed by atoms with Gasteiger partial charge in [0.05, 0.1) is 17.0 Å². The molecule has 30 heavy (non-hydrogen) atoms. The lowest BCUT2D eigenvalue weighted by molar-refractivity contribution is -0.146. The van der Waals surface area contributed by atoms with Crippen molar-refractivity contribution in [2.45, 2.75) is 25.8 Å². The number of amides is 3. The quantitative estimate of drug-likeness (QED) is 0.463. The summed E-state index contributed by atoms with van der Waals surface area (Å²) in [4.78, 5) is 62.4. The van der Waals surface area contributed by atoms with Gasteiger partial charge in [-0.05, 0) is 49.7 Å². The maximum Gasteiger partial charge on any atom is 0.329 e. The van der Waals surface area contributed by atoms with Crippen molar-refractivity contribution < 1.29 is 28.7 Å². The van der Waals surface area contributed by atoms with Crippen LogP contribution in [0, 0.1) is 0 Å². The van der Waals surface area contributed by atoms with Gasteiger partial charge >= 0.3 is 5.97 Å². The molecular formula is C22H18N2O6. The second kappa shape index (κ2) is 7.22. The van der Waals surface area contributed by atoms with Crippen molar-refractivity contribution in [1.82, 2.24) is 4.90 Å². The Morgan fingerprint density at radius 3 is 2.33 bits per heavy atom. The second-order valence-electron chi connectivity index (χ2n) is 7.25. The SMILES string of the molecule is C[C@H]1C(=O)Nc2ccc(C(=O)COC(=O)[C@H](C)N3C(=O)c4ccccc4C3=O)cc21. The summed E-state index contributed by atoms with van der Waals surface area (Å²) in [6.45, 7) is 2.57. The van der Waals surface area contributed by atoms with Crippen LogP contribution in [0.3, 0.4) is 0 Å². The van der Waals surface area contributed by atoms with E-state index in [0.29, 0.717) is 16.8 Å². The molecule has 0 bridgehead atoms. The molecule has 8 nitrogen and oxygen atoms in total. The van der Waals surface area contributed by atoms with Crippen LogP contribution in [0.1, 0.15) is 56.4 Å². The van der Waals surface area contributed by atoms with Crippen molar-refractivity contribution in [3.8, 4) is 0 Å². The summed E-state index contributed by atoms with van der Waals surface area (Å²) in [7, 11) is 0. The minimum atomic E-state index is -1.17. The molecule has 2 aliphatic rings. The van der Waals surface area contributed by atoms with Gasteiger partial charge in [0.1, 0.15) is 6.04 Å². The van der Waals surface area contributed by atoms with Crippen molar-refractivity contribution in [3.05, 3.63) is 64.7 Å². The van der Waals surface area contributed by atoms with Crippen LogP contribution in [0.25, 0.3) is 0 Å². The van der Waals surface area contributed by atoms with Crippen molar-refractivity contribution in [2.24, 2.45) is 0 Å². The number of fused-ring (bicyclic) bond motifs is 2. The Bertz CT molecular complexity index is 1090. The molecule has 0 aliphatic carbocycles. The molecule has 2 aromatic carbocycles. The number of ketones is 1. The number of ether oxygens (including phenoxy) is 1. The lowest BCUT2D eigenvalue weighted by Crippen LogP contribution is -2.44. The molecule has 0 radical (unpaired) electrons. The predicted octanol–water partition coefficient (Wildman–Crippen LogP) is 2.15. The number of hydrogen-bond donors (Lipinski definition) is 1. The molecule has 0 unspecified atom stereocenters. The Kier molecular flexibility index (Phi) is 4.69.